The van der Waals surface area contributed by atoms with Crippen LogP contribution in [0.15, 0.2) is 194 Å². The van der Waals surface area contributed by atoms with Crippen LogP contribution in [-0.2, 0) is 0 Å². The van der Waals surface area contributed by atoms with Crippen molar-refractivity contribution in [2.75, 3.05) is 43.1 Å². The van der Waals surface area contributed by atoms with E-state index in [1.165, 1.54) is 188 Å². The fourth-order valence-electron chi connectivity index (χ4n) is 17.9. The quantitative estimate of drug-likeness (QED) is 0.165. The summed E-state index contributed by atoms with van der Waals surface area (Å²) in [6.07, 6.45) is 1.66. The van der Waals surface area contributed by atoms with Crippen molar-refractivity contribution in [2.24, 2.45) is 0 Å². The lowest BCUT2D eigenvalue weighted by atomic mass is 9.29. The molecule has 0 unspecified atom stereocenters. The summed E-state index contributed by atoms with van der Waals surface area (Å²) in [6, 6.07) is 74.2. The van der Waals surface area contributed by atoms with E-state index in [0.717, 1.165) is 12.9 Å². The number of hydrogen-bond donors (Lipinski definition) is 2. The zero-order valence-corrected chi connectivity index (χ0v) is 43.1. The first-order valence-electron chi connectivity index (χ1n) is 28.6. The molecule has 0 bridgehead atoms. The maximum atomic E-state index is 4.41. The summed E-state index contributed by atoms with van der Waals surface area (Å²) in [6.45, 7) is 0.253. The van der Waals surface area contributed by atoms with Crippen LogP contribution in [0.3, 0.4) is 0 Å². The van der Waals surface area contributed by atoms with Gasteiger partial charge in [0.25, 0.3) is 13.4 Å². The minimum Gasteiger partial charge on any atom is -0.356 e. The van der Waals surface area contributed by atoms with E-state index in [0.29, 0.717) is 0 Å². The van der Waals surface area contributed by atoms with Crippen LogP contribution >= 0.6 is 0 Å². The van der Waals surface area contributed by atoms with Gasteiger partial charge < -0.3 is 30.2 Å². The molecule has 0 amide bonds. The second-order valence-electron chi connectivity index (χ2n) is 23.8. The van der Waals surface area contributed by atoms with Crippen molar-refractivity contribution in [3.05, 3.63) is 194 Å². The Morgan fingerprint density at radius 3 is 1.10 bits per heavy atom. The summed E-state index contributed by atoms with van der Waals surface area (Å²) in [4.78, 5) is 10.9. The summed E-state index contributed by atoms with van der Waals surface area (Å²) in [5.74, 6) is 0. The van der Waals surface area contributed by atoms with Crippen molar-refractivity contribution >= 4 is 230 Å². The number of para-hydroxylation sites is 8. The third-order valence-electron chi connectivity index (χ3n) is 20.6. The lowest BCUT2D eigenvalue weighted by molar-refractivity contribution is 1.15. The summed E-state index contributed by atoms with van der Waals surface area (Å²) in [5.41, 5.74) is 36.9. The Kier molecular flexibility index (Phi) is 6.99. The topological polar surface area (TPSA) is 37.0 Å². The van der Waals surface area contributed by atoms with Gasteiger partial charge in [0, 0.05) is 114 Å². The van der Waals surface area contributed by atoms with Gasteiger partial charge in [-0.3, -0.25) is 0 Å². The van der Waals surface area contributed by atoms with Gasteiger partial charge in [-0.15, -0.1) is 0 Å². The number of fused-ring (bicyclic) bond motifs is 27. The van der Waals surface area contributed by atoms with Gasteiger partial charge >= 0.3 is 0 Å². The van der Waals surface area contributed by atoms with Gasteiger partial charge in [-0.05, 0) is 125 Å². The third kappa shape index (κ3) is 4.41. The number of nitrogens with zero attached hydrogens (tertiary/aromatic N) is 4. The van der Waals surface area contributed by atoms with Crippen molar-refractivity contribution in [1.82, 2.24) is 0 Å². The Bertz CT molecular complexity index is 4760. The molecule has 2 N–H and O–H groups in total. The van der Waals surface area contributed by atoms with Crippen LogP contribution in [0.2, 0.25) is 0 Å². The molecule has 80 heavy (non-hydrogen) atoms. The third-order valence-corrected chi connectivity index (χ3v) is 20.6. The van der Waals surface area contributed by atoms with Gasteiger partial charge in [-0.1, -0.05) is 157 Å². The second kappa shape index (κ2) is 13.7. The molecule has 2 radical (unpaired) electrons. The van der Waals surface area contributed by atoms with E-state index in [2.05, 4.69) is 239 Å². The van der Waals surface area contributed by atoms with Gasteiger partial charge in [0.15, 0.2) is 14.6 Å². The smallest absolute Gasteiger partial charge is 0.252 e. The molecule has 358 valence electrons. The lowest BCUT2D eigenvalue weighted by Crippen LogP contribution is -2.68. The Balaban J connectivity index is 1.03. The molecular weight excluding hydrogens is 966 g/mol. The van der Waals surface area contributed by atoms with Crippen molar-refractivity contribution in [2.45, 2.75) is 0 Å². The average Bonchev–Trinajstić information content (AvgIpc) is 2.16. The van der Waals surface area contributed by atoms with Gasteiger partial charge in [0.2, 0.25) is 13.4 Å². The minimum atomic E-state index is 0.0494. The number of hydrogen-bond acceptors (Lipinski definition) is 6. The van der Waals surface area contributed by atoms with Crippen LogP contribution in [0.4, 0.5) is 79.6 Å². The van der Waals surface area contributed by atoms with E-state index in [1.54, 1.807) is 0 Å². The highest BCUT2D eigenvalue weighted by Crippen LogP contribution is 2.55. The molecule has 0 atom stereocenters. The van der Waals surface area contributed by atoms with Crippen LogP contribution in [0.5, 0.6) is 0 Å². The molecular formula is C68H38B6N6. The van der Waals surface area contributed by atoms with Gasteiger partial charge in [-0.2, -0.15) is 0 Å². The molecule has 10 aliphatic heterocycles. The Labute approximate surface area is 464 Å². The first-order valence-corrected chi connectivity index (χ1v) is 28.6. The van der Waals surface area contributed by atoms with E-state index in [9.17, 15) is 0 Å². The number of nitrogens with one attached hydrogen (secondary N) is 2. The van der Waals surface area contributed by atoms with Crippen molar-refractivity contribution in [3.8, 4) is 0 Å². The van der Waals surface area contributed by atoms with Crippen LogP contribution in [0, 0.1) is 0 Å². The zero-order valence-electron chi connectivity index (χ0n) is 43.1. The monoisotopic (exact) mass is 1000 g/mol. The number of rotatable bonds is 0. The maximum absolute atomic E-state index is 4.41. The lowest BCUT2D eigenvalue weighted by Gasteiger charge is -2.52. The Hall–Kier alpha value is -9.39. The summed E-state index contributed by atoms with van der Waals surface area (Å²) in [5, 5.41) is 16.9. The minimum absolute atomic E-state index is 0.0494. The van der Waals surface area contributed by atoms with Gasteiger partial charge in [0.05, 0.1) is 0 Å². The molecule has 22 rings (SSSR count). The number of benzene rings is 12. The average molecular weight is 1000 g/mol. The Morgan fingerprint density at radius 2 is 0.662 bits per heavy atom. The van der Waals surface area contributed by atoms with Crippen molar-refractivity contribution in [1.29, 1.82) is 0 Å². The molecule has 10 aliphatic rings. The van der Waals surface area contributed by atoms with Crippen LogP contribution in [-0.4, -0.2) is 54.3 Å². The molecule has 0 saturated heterocycles. The van der Waals surface area contributed by atoms with Crippen LogP contribution < -0.4 is 107 Å². The van der Waals surface area contributed by atoms with E-state index in [-0.39, 0.29) is 26.9 Å². The summed E-state index contributed by atoms with van der Waals surface area (Å²) in [7, 11) is 5.18. The molecule has 0 fully saturated rings. The van der Waals surface area contributed by atoms with E-state index < -0.39 is 0 Å². The van der Waals surface area contributed by atoms with E-state index in [1.807, 2.05) is 0 Å². The van der Waals surface area contributed by atoms with E-state index >= 15 is 0 Å². The van der Waals surface area contributed by atoms with Gasteiger partial charge in [-0.25, -0.2) is 0 Å². The molecule has 12 heteroatoms. The van der Waals surface area contributed by atoms with Crippen LogP contribution in [0.1, 0.15) is 0 Å². The highest BCUT2D eigenvalue weighted by atomic mass is 15.2. The second-order valence-corrected chi connectivity index (χ2v) is 23.8. The first-order chi connectivity index (χ1) is 39.8. The fourth-order valence-corrected chi connectivity index (χ4v) is 17.9. The standard InChI is InChI=1S/C68H38B6N6/c1-11-27-45-35(17-1)69-57-51-53-54(64-59-55(51)65-61-67(57)79(45)49-31-15-7-23-41(49)73(61)39-21-5-13-29-47(39)77(65)33-71(59)37-19-3-10-26-44(37)76-64)52-56-60-63(53)75-43-25-9-4-20-38(43)72(60)34-78-48-30-14-6-22-40(48)74-42-24-8-16-32-50(42)80-46-28-12-2-18-36(46)70-58(52)68(80)62(74)66(56)78/h1-32,75-76H,33-34H2. The first kappa shape index (κ1) is 40.8. The van der Waals surface area contributed by atoms with Gasteiger partial charge in [0.1, 0.15) is 0 Å². The highest BCUT2D eigenvalue weighted by Gasteiger charge is 2.54. The predicted octanol–water partition coefficient (Wildman–Crippen LogP) is 5.02. The molecule has 0 aliphatic carbocycles. The summed E-state index contributed by atoms with van der Waals surface area (Å²) < 4.78 is 0. The highest BCUT2D eigenvalue weighted by molar-refractivity contribution is 7.04. The molecule has 12 aromatic carbocycles. The molecule has 0 aromatic heterocycles. The zero-order chi connectivity index (χ0) is 51.1. The molecule has 0 spiro atoms. The predicted molar refractivity (Wildman–Crippen MR) is 344 cm³/mol. The SMILES string of the molecule is [B]1c2ccccc2N2c3ccccc3B3c4ccccc4N4CB5c6ccccc6Nc6c5c5c4c3c2c1c5c1c2c3c4c5c7c8c(c4c61)[B]c1ccccc1N8c1ccccc1B7c1ccccc1N5CB3c1ccccc1N2. The fraction of sp³-hybridized carbons (Fsp3) is 0.0294. The van der Waals surface area contributed by atoms with E-state index in [4.69, 9.17) is 0 Å². The normalized spacial score (nSPS) is 15.8. The number of anilines is 14. The largest absolute Gasteiger partial charge is 0.356 e. The van der Waals surface area contributed by atoms with Crippen molar-refractivity contribution in [3.63, 3.8) is 0 Å². The molecule has 12 aromatic rings. The molecule has 0 saturated carbocycles. The molecule has 10 heterocycles. The van der Waals surface area contributed by atoms with Crippen LogP contribution in [0.25, 0.3) is 32.3 Å². The Morgan fingerprint density at radius 1 is 0.312 bits per heavy atom. The maximum Gasteiger partial charge on any atom is 0.252 e. The molecule has 6 nitrogen and oxygen atoms in total. The summed E-state index contributed by atoms with van der Waals surface area (Å²) >= 11 is 0. The van der Waals surface area contributed by atoms with Crippen molar-refractivity contribution < 1.29 is 0 Å².